The lowest BCUT2D eigenvalue weighted by atomic mass is 9.72. The van der Waals surface area contributed by atoms with E-state index in [0.717, 1.165) is 25.8 Å². The number of hydrogen-bond acceptors (Lipinski definition) is 3. The number of nitrogens with zero attached hydrogens (tertiary/aromatic N) is 2. The first-order valence-electron chi connectivity index (χ1n) is 8.25. The molecular weight excluding hydrogens is 296 g/mol. The van der Waals surface area contributed by atoms with E-state index in [9.17, 15) is 14.4 Å². The van der Waals surface area contributed by atoms with Gasteiger partial charge in [-0.05, 0) is 24.7 Å². The van der Waals surface area contributed by atoms with Crippen LogP contribution >= 0.6 is 0 Å². The molecule has 126 valence electrons. The van der Waals surface area contributed by atoms with E-state index in [0.29, 0.717) is 32.6 Å². The summed E-state index contributed by atoms with van der Waals surface area (Å²) in [7, 11) is 0. The van der Waals surface area contributed by atoms with Crippen LogP contribution in [0.25, 0.3) is 0 Å². The zero-order valence-electron chi connectivity index (χ0n) is 13.3. The van der Waals surface area contributed by atoms with Crippen LogP contribution in [0.15, 0.2) is 12.7 Å². The third-order valence-electron chi connectivity index (χ3n) is 5.30. The summed E-state index contributed by atoms with van der Waals surface area (Å²) < 4.78 is 0. The molecule has 0 aliphatic carbocycles. The van der Waals surface area contributed by atoms with Gasteiger partial charge in [0.15, 0.2) is 0 Å². The molecule has 1 spiro atoms. The molecule has 0 saturated carbocycles. The fraction of sp³-hybridized carbons (Fsp3) is 0.688. The molecule has 3 fully saturated rings. The number of urea groups is 1. The van der Waals surface area contributed by atoms with Crippen LogP contribution in [0.1, 0.15) is 25.7 Å². The predicted octanol–water partition coefficient (Wildman–Crippen LogP) is 0.0850. The van der Waals surface area contributed by atoms with Crippen molar-refractivity contribution in [2.24, 2.45) is 5.41 Å². The van der Waals surface area contributed by atoms with Gasteiger partial charge in [-0.1, -0.05) is 6.08 Å². The third kappa shape index (κ3) is 3.18. The molecule has 0 unspecified atom stereocenters. The first-order chi connectivity index (χ1) is 11.0. The van der Waals surface area contributed by atoms with Crippen molar-refractivity contribution in [1.82, 2.24) is 20.4 Å². The van der Waals surface area contributed by atoms with Gasteiger partial charge >= 0.3 is 6.03 Å². The number of likely N-dealkylation sites (tertiary alicyclic amines) is 2. The topological polar surface area (TPSA) is 81.8 Å². The highest BCUT2D eigenvalue weighted by Gasteiger charge is 2.42. The average Bonchev–Trinajstić information content (AvgIpc) is 2.98. The van der Waals surface area contributed by atoms with Crippen molar-refractivity contribution in [2.45, 2.75) is 31.7 Å². The van der Waals surface area contributed by atoms with Gasteiger partial charge in [0.1, 0.15) is 6.04 Å². The normalized spacial score (nSPS) is 26.9. The molecule has 3 aliphatic heterocycles. The lowest BCUT2D eigenvalue weighted by Crippen LogP contribution is -2.54. The van der Waals surface area contributed by atoms with Crippen LogP contribution in [0, 0.1) is 5.41 Å². The third-order valence-corrected chi connectivity index (χ3v) is 5.30. The van der Waals surface area contributed by atoms with E-state index in [-0.39, 0.29) is 23.3 Å². The summed E-state index contributed by atoms with van der Waals surface area (Å²) in [5.74, 6) is 0.196. The molecule has 3 rings (SSSR count). The van der Waals surface area contributed by atoms with Crippen LogP contribution in [-0.4, -0.2) is 66.4 Å². The molecule has 3 heterocycles. The lowest BCUT2D eigenvalue weighted by Gasteiger charge is -2.47. The zero-order chi connectivity index (χ0) is 16.4. The second-order valence-corrected chi connectivity index (χ2v) is 6.80. The number of hydrogen-bond donors (Lipinski definition) is 2. The minimum atomic E-state index is -0.443. The zero-order valence-corrected chi connectivity index (χ0v) is 13.3. The van der Waals surface area contributed by atoms with Crippen molar-refractivity contribution in [3.05, 3.63) is 12.7 Å². The van der Waals surface area contributed by atoms with Crippen LogP contribution in [-0.2, 0) is 9.59 Å². The Kier molecular flexibility index (Phi) is 4.28. The Hall–Kier alpha value is -2.05. The van der Waals surface area contributed by atoms with Crippen molar-refractivity contribution in [1.29, 1.82) is 0 Å². The number of rotatable bonds is 3. The maximum absolute atomic E-state index is 12.4. The molecule has 1 atom stereocenters. The SMILES string of the molecule is C=CCN1CC2(CCC1=O)CCN(C(=O)[C@H]1CNC(=O)N1)CC2. The molecule has 4 amide bonds. The highest BCUT2D eigenvalue weighted by molar-refractivity contribution is 5.90. The van der Waals surface area contributed by atoms with Gasteiger partial charge in [0.05, 0.1) is 0 Å². The fourth-order valence-corrected chi connectivity index (χ4v) is 3.86. The van der Waals surface area contributed by atoms with E-state index in [4.69, 9.17) is 0 Å². The minimum absolute atomic E-state index is 0.00645. The molecule has 0 aromatic rings. The summed E-state index contributed by atoms with van der Waals surface area (Å²) in [6.07, 6.45) is 5.08. The van der Waals surface area contributed by atoms with Gasteiger partial charge in [0.25, 0.3) is 0 Å². The van der Waals surface area contributed by atoms with Gasteiger partial charge in [-0.3, -0.25) is 9.59 Å². The summed E-state index contributed by atoms with van der Waals surface area (Å²) in [6, 6.07) is -0.718. The largest absolute Gasteiger partial charge is 0.341 e. The standard InChI is InChI=1S/C16H24N4O3/c1-2-7-20-11-16(4-3-13(20)21)5-8-19(9-6-16)14(22)12-10-17-15(23)18-12/h2,12H,1,3-11H2,(H2,17,18,23)/t12-/m1/s1. The molecule has 3 saturated heterocycles. The fourth-order valence-electron chi connectivity index (χ4n) is 3.86. The maximum atomic E-state index is 12.4. The number of amides is 4. The van der Waals surface area contributed by atoms with E-state index in [2.05, 4.69) is 17.2 Å². The maximum Gasteiger partial charge on any atom is 0.315 e. The second kappa shape index (κ2) is 6.22. The summed E-state index contributed by atoms with van der Waals surface area (Å²) in [6.45, 7) is 6.84. The van der Waals surface area contributed by atoms with Crippen LogP contribution in [0.2, 0.25) is 0 Å². The molecular formula is C16H24N4O3. The molecule has 0 radical (unpaired) electrons. The van der Waals surface area contributed by atoms with E-state index >= 15 is 0 Å². The molecule has 0 bridgehead atoms. The van der Waals surface area contributed by atoms with Crippen molar-refractivity contribution in [2.75, 3.05) is 32.7 Å². The van der Waals surface area contributed by atoms with Gasteiger partial charge in [-0.15, -0.1) is 6.58 Å². The van der Waals surface area contributed by atoms with Crippen molar-refractivity contribution >= 4 is 17.8 Å². The molecule has 2 N–H and O–H groups in total. The molecule has 23 heavy (non-hydrogen) atoms. The Morgan fingerprint density at radius 2 is 2.04 bits per heavy atom. The van der Waals surface area contributed by atoms with Gasteiger partial charge in [0, 0.05) is 39.1 Å². The second-order valence-electron chi connectivity index (χ2n) is 6.80. The average molecular weight is 320 g/mol. The highest BCUT2D eigenvalue weighted by atomic mass is 16.2. The minimum Gasteiger partial charge on any atom is -0.341 e. The number of piperidine rings is 2. The molecule has 0 aromatic carbocycles. The molecule has 0 aromatic heterocycles. The summed E-state index contributed by atoms with van der Waals surface area (Å²) in [5.41, 5.74) is 0.130. The van der Waals surface area contributed by atoms with Gasteiger partial charge < -0.3 is 20.4 Å². The molecule has 7 heteroatoms. The van der Waals surface area contributed by atoms with Crippen LogP contribution < -0.4 is 10.6 Å². The summed E-state index contributed by atoms with van der Waals surface area (Å²) in [4.78, 5) is 39.3. The predicted molar refractivity (Wildman–Crippen MR) is 84.6 cm³/mol. The highest BCUT2D eigenvalue weighted by Crippen LogP contribution is 2.40. The van der Waals surface area contributed by atoms with E-state index in [1.54, 1.807) is 6.08 Å². The van der Waals surface area contributed by atoms with Gasteiger partial charge in [-0.25, -0.2) is 4.79 Å². The smallest absolute Gasteiger partial charge is 0.315 e. The van der Waals surface area contributed by atoms with Crippen molar-refractivity contribution in [3.63, 3.8) is 0 Å². The Morgan fingerprint density at radius 1 is 1.30 bits per heavy atom. The summed E-state index contributed by atoms with van der Waals surface area (Å²) in [5, 5.41) is 5.27. The van der Waals surface area contributed by atoms with Crippen LogP contribution in [0.3, 0.4) is 0 Å². The first kappa shape index (κ1) is 15.8. The Labute approximate surface area is 136 Å². The monoisotopic (exact) mass is 320 g/mol. The quantitative estimate of drug-likeness (QED) is 0.723. The van der Waals surface area contributed by atoms with Crippen LogP contribution in [0.5, 0.6) is 0 Å². The lowest BCUT2D eigenvalue weighted by molar-refractivity contribution is -0.142. The summed E-state index contributed by atoms with van der Waals surface area (Å²) >= 11 is 0. The van der Waals surface area contributed by atoms with Gasteiger partial charge in [0.2, 0.25) is 11.8 Å². The number of carbonyl (C=O) groups is 3. The van der Waals surface area contributed by atoms with E-state index in [1.807, 2.05) is 9.80 Å². The Morgan fingerprint density at radius 3 is 2.65 bits per heavy atom. The van der Waals surface area contributed by atoms with Crippen molar-refractivity contribution < 1.29 is 14.4 Å². The number of carbonyl (C=O) groups excluding carboxylic acids is 3. The Balaban J connectivity index is 1.57. The Bertz CT molecular complexity index is 525. The first-order valence-corrected chi connectivity index (χ1v) is 8.25. The number of nitrogens with one attached hydrogen (secondary N) is 2. The molecule has 3 aliphatic rings. The van der Waals surface area contributed by atoms with Gasteiger partial charge in [-0.2, -0.15) is 0 Å². The van der Waals surface area contributed by atoms with E-state index in [1.165, 1.54) is 0 Å². The van der Waals surface area contributed by atoms with E-state index < -0.39 is 6.04 Å². The van der Waals surface area contributed by atoms with Crippen molar-refractivity contribution in [3.8, 4) is 0 Å². The van der Waals surface area contributed by atoms with Crippen LogP contribution in [0.4, 0.5) is 4.79 Å². The molecule has 7 nitrogen and oxygen atoms in total.